The van der Waals surface area contributed by atoms with E-state index in [1.165, 1.54) is 0 Å². The second-order valence-corrected chi connectivity index (χ2v) is 6.02. The average Bonchev–Trinajstić information content (AvgIpc) is 2.39. The number of halogens is 1. The average molecular weight is 326 g/mol. The number of carbonyl (C=O) groups is 1. The van der Waals surface area contributed by atoms with E-state index in [0.717, 1.165) is 28.6 Å². The molecule has 1 aliphatic heterocycles. The second-order valence-electron chi connectivity index (χ2n) is 5.17. The molecule has 2 atom stereocenters. The van der Waals surface area contributed by atoms with Crippen LogP contribution in [0.3, 0.4) is 0 Å². The summed E-state index contributed by atoms with van der Waals surface area (Å²) in [4.78, 5) is 13.6. The number of carbonyl (C=O) groups excluding carboxylic acids is 1. The first-order valence-corrected chi connectivity index (χ1v) is 7.36. The Morgan fingerprint density at radius 3 is 2.79 bits per heavy atom. The van der Waals surface area contributed by atoms with Crippen LogP contribution in [0.4, 0.5) is 5.69 Å². The molecule has 0 radical (unpaired) electrons. The van der Waals surface area contributed by atoms with Gasteiger partial charge in [0.05, 0.1) is 11.6 Å². The van der Waals surface area contributed by atoms with Crippen LogP contribution in [0, 0.1) is 5.92 Å². The molecular formula is C14H20BrN3O. The number of amides is 1. The summed E-state index contributed by atoms with van der Waals surface area (Å²) >= 11 is 3.59. The van der Waals surface area contributed by atoms with Gasteiger partial charge in [-0.1, -0.05) is 6.07 Å². The summed E-state index contributed by atoms with van der Waals surface area (Å²) < 4.78 is 1.02. The summed E-state index contributed by atoms with van der Waals surface area (Å²) in [7, 11) is 0. The van der Waals surface area contributed by atoms with Gasteiger partial charge in [0.1, 0.15) is 0 Å². The van der Waals surface area contributed by atoms with E-state index >= 15 is 0 Å². The fourth-order valence-corrected chi connectivity index (χ4v) is 3.24. The largest absolute Gasteiger partial charge is 0.369 e. The molecule has 1 aromatic carbocycles. The van der Waals surface area contributed by atoms with Crippen LogP contribution in [0.1, 0.15) is 25.3 Å². The van der Waals surface area contributed by atoms with Gasteiger partial charge in [0.15, 0.2) is 0 Å². The zero-order valence-electron chi connectivity index (χ0n) is 11.1. The van der Waals surface area contributed by atoms with Crippen LogP contribution in [0.25, 0.3) is 0 Å². The molecule has 1 aromatic rings. The predicted octanol–water partition coefficient (Wildman–Crippen LogP) is 2.00. The van der Waals surface area contributed by atoms with Crippen molar-refractivity contribution in [1.29, 1.82) is 0 Å². The molecule has 4 nitrogen and oxygen atoms in total. The highest BCUT2D eigenvalue weighted by Crippen LogP contribution is 2.33. The normalized spacial score (nSPS) is 23.4. The quantitative estimate of drug-likeness (QED) is 0.892. The third-order valence-electron chi connectivity index (χ3n) is 3.84. The second kappa shape index (κ2) is 5.92. The molecule has 1 amide bonds. The molecule has 19 heavy (non-hydrogen) atoms. The number of hydrogen-bond acceptors (Lipinski definition) is 3. The van der Waals surface area contributed by atoms with Crippen LogP contribution in [0.5, 0.6) is 0 Å². The van der Waals surface area contributed by atoms with Gasteiger partial charge in [-0.3, -0.25) is 4.79 Å². The molecule has 2 unspecified atom stereocenters. The van der Waals surface area contributed by atoms with Gasteiger partial charge < -0.3 is 16.4 Å². The zero-order chi connectivity index (χ0) is 14.0. The van der Waals surface area contributed by atoms with Crippen LogP contribution >= 0.6 is 15.9 Å². The molecule has 0 saturated carbocycles. The Bertz CT molecular complexity index is 478. The number of benzene rings is 1. The van der Waals surface area contributed by atoms with E-state index in [-0.39, 0.29) is 11.8 Å². The number of primary amides is 1. The first kappa shape index (κ1) is 14.3. The predicted molar refractivity (Wildman–Crippen MR) is 80.8 cm³/mol. The van der Waals surface area contributed by atoms with Gasteiger partial charge in [-0.2, -0.15) is 0 Å². The van der Waals surface area contributed by atoms with Gasteiger partial charge in [-0.25, -0.2) is 0 Å². The van der Waals surface area contributed by atoms with Crippen molar-refractivity contribution < 1.29 is 4.79 Å². The SMILES string of the molecule is CC1CCC(C(N)=O)CN1c1ccc(CN)cc1Br. The lowest BCUT2D eigenvalue weighted by molar-refractivity contribution is -0.122. The van der Waals surface area contributed by atoms with E-state index in [9.17, 15) is 4.79 Å². The number of hydrogen-bond donors (Lipinski definition) is 2. The highest BCUT2D eigenvalue weighted by molar-refractivity contribution is 9.10. The van der Waals surface area contributed by atoms with E-state index < -0.39 is 0 Å². The topological polar surface area (TPSA) is 72.4 Å². The van der Waals surface area contributed by atoms with Crippen molar-refractivity contribution >= 4 is 27.5 Å². The van der Waals surface area contributed by atoms with Gasteiger partial charge in [0.25, 0.3) is 0 Å². The van der Waals surface area contributed by atoms with Crippen molar-refractivity contribution in [2.24, 2.45) is 17.4 Å². The van der Waals surface area contributed by atoms with E-state index in [4.69, 9.17) is 11.5 Å². The van der Waals surface area contributed by atoms with Crippen LogP contribution in [-0.4, -0.2) is 18.5 Å². The van der Waals surface area contributed by atoms with Crippen molar-refractivity contribution in [2.45, 2.75) is 32.4 Å². The Morgan fingerprint density at radius 2 is 2.21 bits per heavy atom. The van der Waals surface area contributed by atoms with Crippen molar-refractivity contribution in [1.82, 2.24) is 0 Å². The lowest BCUT2D eigenvalue weighted by Crippen LogP contribution is -2.46. The molecule has 2 rings (SSSR count). The third-order valence-corrected chi connectivity index (χ3v) is 4.48. The maximum Gasteiger partial charge on any atom is 0.222 e. The molecule has 0 bridgehead atoms. The van der Waals surface area contributed by atoms with E-state index in [1.807, 2.05) is 12.1 Å². The van der Waals surface area contributed by atoms with Crippen LogP contribution in [-0.2, 0) is 11.3 Å². The Morgan fingerprint density at radius 1 is 1.47 bits per heavy atom. The molecular weight excluding hydrogens is 306 g/mol. The summed E-state index contributed by atoms with van der Waals surface area (Å²) in [6, 6.07) is 6.54. The molecule has 1 aliphatic rings. The fourth-order valence-electron chi connectivity index (χ4n) is 2.59. The number of nitrogens with zero attached hydrogens (tertiary/aromatic N) is 1. The molecule has 1 heterocycles. The third kappa shape index (κ3) is 3.09. The molecule has 4 N–H and O–H groups in total. The molecule has 0 aromatic heterocycles. The van der Waals surface area contributed by atoms with Gasteiger partial charge >= 0.3 is 0 Å². The Kier molecular flexibility index (Phi) is 4.47. The molecule has 5 heteroatoms. The van der Waals surface area contributed by atoms with Gasteiger partial charge in [0.2, 0.25) is 5.91 Å². The Hall–Kier alpha value is -1.07. The Labute approximate surface area is 122 Å². The molecule has 0 spiro atoms. The van der Waals surface area contributed by atoms with Gasteiger partial charge in [0, 0.05) is 23.6 Å². The van der Waals surface area contributed by atoms with Crippen molar-refractivity contribution in [3.8, 4) is 0 Å². The van der Waals surface area contributed by atoms with E-state index in [0.29, 0.717) is 19.1 Å². The zero-order valence-corrected chi connectivity index (χ0v) is 12.7. The summed E-state index contributed by atoms with van der Waals surface area (Å²) in [5.74, 6) is -0.260. The van der Waals surface area contributed by atoms with Crippen molar-refractivity contribution in [2.75, 3.05) is 11.4 Å². The summed E-state index contributed by atoms with van der Waals surface area (Å²) in [5, 5.41) is 0. The summed E-state index contributed by atoms with van der Waals surface area (Å²) in [5.41, 5.74) is 13.3. The highest BCUT2D eigenvalue weighted by Gasteiger charge is 2.29. The molecule has 104 valence electrons. The van der Waals surface area contributed by atoms with Crippen molar-refractivity contribution in [3.05, 3.63) is 28.2 Å². The molecule has 0 aliphatic carbocycles. The number of piperidine rings is 1. The first-order valence-electron chi connectivity index (χ1n) is 6.57. The lowest BCUT2D eigenvalue weighted by atomic mass is 9.92. The number of anilines is 1. The number of nitrogens with two attached hydrogens (primary N) is 2. The maximum absolute atomic E-state index is 11.4. The maximum atomic E-state index is 11.4. The highest BCUT2D eigenvalue weighted by atomic mass is 79.9. The van der Waals surface area contributed by atoms with Crippen molar-refractivity contribution in [3.63, 3.8) is 0 Å². The Balaban J connectivity index is 2.25. The summed E-state index contributed by atoms with van der Waals surface area (Å²) in [6.45, 7) is 3.40. The van der Waals surface area contributed by atoms with Crippen LogP contribution in [0.2, 0.25) is 0 Å². The van der Waals surface area contributed by atoms with Crippen LogP contribution < -0.4 is 16.4 Å². The standard InChI is InChI=1S/C14H20BrN3O/c1-9-2-4-11(14(17)19)8-18(9)13-5-3-10(7-16)6-12(13)15/h3,5-6,9,11H,2,4,7-8,16H2,1H3,(H2,17,19). The fraction of sp³-hybridized carbons (Fsp3) is 0.500. The van der Waals surface area contributed by atoms with E-state index in [1.54, 1.807) is 0 Å². The first-order chi connectivity index (χ1) is 9.02. The number of rotatable bonds is 3. The van der Waals surface area contributed by atoms with Gasteiger partial charge in [-0.05, 0) is 53.4 Å². The molecule has 1 fully saturated rings. The molecule has 1 saturated heterocycles. The minimum absolute atomic E-state index is 0.0581. The van der Waals surface area contributed by atoms with Gasteiger partial charge in [-0.15, -0.1) is 0 Å². The monoisotopic (exact) mass is 325 g/mol. The van der Waals surface area contributed by atoms with Crippen LogP contribution in [0.15, 0.2) is 22.7 Å². The minimum atomic E-state index is -0.202. The van der Waals surface area contributed by atoms with E-state index in [2.05, 4.69) is 33.8 Å². The smallest absolute Gasteiger partial charge is 0.222 e. The summed E-state index contributed by atoms with van der Waals surface area (Å²) in [6.07, 6.45) is 1.87. The minimum Gasteiger partial charge on any atom is -0.369 e. The lowest BCUT2D eigenvalue weighted by Gasteiger charge is -2.39.